The van der Waals surface area contributed by atoms with E-state index in [1.54, 1.807) is 7.11 Å². The molecule has 5 nitrogen and oxygen atoms in total. The molecule has 4 aromatic rings. The van der Waals surface area contributed by atoms with Gasteiger partial charge in [0.2, 0.25) is 0 Å². The first kappa shape index (κ1) is 19.0. The van der Waals surface area contributed by atoms with Crippen LogP contribution in [-0.4, -0.2) is 27.6 Å². The van der Waals surface area contributed by atoms with Crippen LogP contribution in [0, 0.1) is 6.92 Å². The van der Waals surface area contributed by atoms with Crippen LogP contribution in [0.2, 0.25) is 0 Å². The van der Waals surface area contributed by atoms with Gasteiger partial charge < -0.3 is 9.64 Å². The maximum Gasteiger partial charge on any atom is 0.162 e. The second kappa shape index (κ2) is 7.69. The molecule has 2 aromatic heterocycles. The van der Waals surface area contributed by atoms with Gasteiger partial charge in [0.1, 0.15) is 17.1 Å². The maximum atomic E-state index is 5.43. The Labute approximate surface area is 181 Å². The third-order valence-corrected chi connectivity index (χ3v) is 6.00. The van der Waals surface area contributed by atoms with Gasteiger partial charge in [0.15, 0.2) is 5.82 Å². The highest BCUT2D eigenvalue weighted by atomic mass is 32.1. The van der Waals surface area contributed by atoms with Crippen molar-refractivity contribution in [3.05, 3.63) is 77.2 Å². The summed E-state index contributed by atoms with van der Waals surface area (Å²) in [5.41, 5.74) is 6.80. The fraction of sp³-hybridized carbons (Fsp3) is 0.250. The first-order chi connectivity index (χ1) is 14.6. The molecule has 0 saturated heterocycles. The van der Waals surface area contributed by atoms with Gasteiger partial charge in [0.25, 0.3) is 0 Å². The molecule has 1 aliphatic heterocycles. The average Bonchev–Trinajstić information content (AvgIpc) is 3.08. The summed E-state index contributed by atoms with van der Waals surface area (Å²) in [5.74, 6) is 2.58. The smallest absolute Gasteiger partial charge is 0.162 e. The second-order valence-corrected chi connectivity index (χ2v) is 8.13. The molecule has 0 radical (unpaired) electrons. The SMILES string of the molecule is COc1ccc2c(c1)CCCN2c1nc(C)nc2c(Cc3ccccc3)cn(S)c12. The molecule has 0 bridgehead atoms. The molecule has 2 aromatic carbocycles. The molecule has 0 unspecified atom stereocenters. The van der Waals surface area contributed by atoms with E-state index < -0.39 is 0 Å². The van der Waals surface area contributed by atoms with Crippen LogP contribution < -0.4 is 9.64 Å². The zero-order valence-electron chi connectivity index (χ0n) is 17.2. The monoisotopic (exact) mass is 416 g/mol. The summed E-state index contributed by atoms with van der Waals surface area (Å²) in [5, 5.41) is 0. The first-order valence-electron chi connectivity index (χ1n) is 10.2. The quantitative estimate of drug-likeness (QED) is 0.469. The molecule has 1 aliphatic rings. The molecule has 0 atom stereocenters. The Morgan fingerprint density at radius 1 is 1.10 bits per heavy atom. The summed E-state index contributed by atoms with van der Waals surface area (Å²) in [6.45, 7) is 2.88. The highest BCUT2D eigenvalue weighted by Gasteiger charge is 2.25. The highest BCUT2D eigenvalue weighted by Crippen LogP contribution is 2.39. The minimum Gasteiger partial charge on any atom is -0.497 e. The van der Waals surface area contributed by atoms with Gasteiger partial charge in [-0.1, -0.05) is 43.1 Å². The Morgan fingerprint density at radius 2 is 1.93 bits per heavy atom. The van der Waals surface area contributed by atoms with Crippen LogP contribution >= 0.6 is 12.8 Å². The van der Waals surface area contributed by atoms with E-state index in [1.165, 1.54) is 16.8 Å². The van der Waals surface area contributed by atoms with Crippen molar-refractivity contribution in [2.75, 3.05) is 18.6 Å². The zero-order chi connectivity index (χ0) is 20.7. The van der Waals surface area contributed by atoms with Gasteiger partial charge in [0.05, 0.1) is 12.6 Å². The molecule has 3 heterocycles. The molecule has 0 saturated carbocycles. The third-order valence-electron chi connectivity index (χ3n) is 5.69. The molecule has 0 N–H and O–H groups in total. The molecule has 152 valence electrons. The molecule has 0 spiro atoms. The summed E-state index contributed by atoms with van der Waals surface area (Å²) in [6, 6.07) is 16.7. The van der Waals surface area contributed by atoms with E-state index in [9.17, 15) is 0 Å². The summed E-state index contributed by atoms with van der Waals surface area (Å²) >= 11 is 4.75. The first-order valence-corrected chi connectivity index (χ1v) is 10.6. The normalized spacial score (nSPS) is 13.5. The predicted molar refractivity (Wildman–Crippen MR) is 124 cm³/mol. The molecular formula is C24H24N4OS. The fourth-order valence-electron chi connectivity index (χ4n) is 4.31. The lowest BCUT2D eigenvalue weighted by Crippen LogP contribution is -2.26. The van der Waals surface area contributed by atoms with Crippen molar-refractivity contribution >= 4 is 35.4 Å². The number of hydrogen-bond donors (Lipinski definition) is 1. The van der Waals surface area contributed by atoms with Gasteiger partial charge in [-0.2, -0.15) is 0 Å². The van der Waals surface area contributed by atoms with E-state index in [2.05, 4.69) is 47.5 Å². The number of methoxy groups -OCH3 is 1. The number of benzene rings is 2. The second-order valence-electron chi connectivity index (χ2n) is 7.70. The van der Waals surface area contributed by atoms with Crippen molar-refractivity contribution in [1.82, 2.24) is 13.9 Å². The Balaban J connectivity index is 1.65. The van der Waals surface area contributed by atoms with E-state index in [-0.39, 0.29) is 0 Å². The summed E-state index contributed by atoms with van der Waals surface area (Å²) in [6.07, 6.45) is 4.98. The van der Waals surface area contributed by atoms with Gasteiger partial charge in [-0.15, -0.1) is 0 Å². The van der Waals surface area contributed by atoms with Crippen LogP contribution in [0.25, 0.3) is 11.0 Å². The summed E-state index contributed by atoms with van der Waals surface area (Å²) in [4.78, 5) is 12.0. The van der Waals surface area contributed by atoms with E-state index >= 15 is 0 Å². The Bertz CT molecular complexity index is 1220. The van der Waals surface area contributed by atoms with Crippen LogP contribution in [0.4, 0.5) is 11.5 Å². The van der Waals surface area contributed by atoms with Gasteiger partial charge >= 0.3 is 0 Å². The molecule has 6 heteroatoms. The van der Waals surface area contributed by atoms with Crippen molar-refractivity contribution in [2.45, 2.75) is 26.2 Å². The van der Waals surface area contributed by atoms with Gasteiger partial charge in [-0.3, -0.25) is 3.97 Å². The van der Waals surface area contributed by atoms with Crippen LogP contribution in [0.15, 0.2) is 54.7 Å². The average molecular weight is 417 g/mol. The Morgan fingerprint density at radius 3 is 2.73 bits per heavy atom. The van der Waals surface area contributed by atoms with Crippen molar-refractivity contribution < 1.29 is 4.74 Å². The number of aryl methyl sites for hydroxylation is 2. The summed E-state index contributed by atoms with van der Waals surface area (Å²) < 4.78 is 7.30. The number of fused-ring (bicyclic) bond motifs is 2. The van der Waals surface area contributed by atoms with Crippen molar-refractivity contribution in [2.24, 2.45) is 0 Å². The third kappa shape index (κ3) is 3.31. The van der Waals surface area contributed by atoms with Gasteiger partial charge in [-0.25, -0.2) is 9.97 Å². The van der Waals surface area contributed by atoms with Crippen molar-refractivity contribution in [1.29, 1.82) is 0 Å². The number of anilines is 2. The molecule has 0 amide bonds. The van der Waals surface area contributed by atoms with Gasteiger partial charge in [-0.05, 0) is 49.1 Å². The van der Waals surface area contributed by atoms with E-state index in [0.717, 1.165) is 59.8 Å². The van der Waals surface area contributed by atoms with E-state index in [4.69, 9.17) is 27.5 Å². The fourth-order valence-corrected chi connectivity index (χ4v) is 4.64. The number of rotatable bonds is 4. The van der Waals surface area contributed by atoms with Gasteiger partial charge in [0, 0.05) is 30.4 Å². The number of nitrogens with zero attached hydrogens (tertiary/aromatic N) is 4. The van der Waals surface area contributed by atoms with E-state index in [1.807, 2.05) is 23.0 Å². The van der Waals surface area contributed by atoms with Crippen LogP contribution in [0.5, 0.6) is 5.75 Å². The van der Waals surface area contributed by atoms with Crippen molar-refractivity contribution in [3.63, 3.8) is 0 Å². The minimum atomic E-state index is 0.770. The number of thiol groups is 1. The largest absolute Gasteiger partial charge is 0.497 e. The molecular weight excluding hydrogens is 392 g/mol. The van der Waals surface area contributed by atoms with Crippen molar-refractivity contribution in [3.8, 4) is 5.75 Å². The van der Waals surface area contributed by atoms with Crippen LogP contribution in [0.1, 0.15) is 28.9 Å². The number of hydrogen-bond acceptors (Lipinski definition) is 5. The summed E-state index contributed by atoms with van der Waals surface area (Å²) in [7, 11) is 1.71. The number of aromatic nitrogens is 3. The maximum absolute atomic E-state index is 5.43. The number of ether oxygens (including phenoxy) is 1. The standard InChI is InChI=1S/C24H24N4OS/c1-16-25-22-19(13-17-7-4-3-5-8-17)15-28(30)23(22)24(26-16)27-12-6-9-18-14-20(29-2)10-11-21(18)27/h3-5,7-8,10-11,14-15,30H,6,9,12-13H2,1-2H3. The Hall–Kier alpha value is -2.99. The van der Waals surface area contributed by atoms with E-state index in [0.29, 0.717) is 0 Å². The molecule has 0 aliphatic carbocycles. The predicted octanol–water partition coefficient (Wildman–Crippen LogP) is 5.12. The molecule has 0 fully saturated rings. The van der Waals surface area contributed by atoms with Crippen LogP contribution in [-0.2, 0) is 12.8 Å². The topological polar surface area (TPSA) is 43.2 Å². The molecule has 5 rings (SSSR count). The molecule has 30 heavy (non-hydrogen) atoms. The lowest BCUT2D eigenvalue weighted by atomic mass is 10.0. The minimum absolute atomic E-state index is 0.770. The zero-order valence-corrected chi connectivity index (χ0v) is 18.1. The lowest BCUT2D eigenvalue weighted by Gasteiger charge is -2.31. The van der Waals surface area contributed by atoms with Crippen LogP contribution in [0.3, 0.4) is 0 Å². The Kier molecular flexibility index (Phi) is 4.87. The lowest BCUT2D eigenvalue weighted by molar-refractivity contribution is 0.414. The highest BCUT2D eigenvalue weighted by molar-refractivity contribution is 7.78.